The molecule has 0 saturated heterocycles. The van der Waals surface area contributed by atoms with Gasteiger partial charge in [0.25, 0.3) is 0 Å². The monoisotopic (exact) mass is 298 g/mol. The summed E-state index contributed by atoms with van der Waals surface area (Å²) in [5.74, 6) is 0. The van der Waals surface area contributed by atoms with E-state index in [1.165, 1.54) is 26.2 Å². The topological polar surface area (TPSA) is 17.3 Å². The molecule has 2 heterocycles. The Morgan fingerprint density at radius 2 is 1.81 bits per heavy atom. The van der Waals surface area contributed by atoms with Gasteiger partial charge in [-0.1, -0.05) is 30.3 Å². The number of imidazole rings is 1. The third kappa shape index (κ3) is 2.16. The Morgan fingerprint density at radius 1 is 1.14 bits per heavy atom. The fraction of sp³-hybridized carbons (Fsp3) is 0.278. The standard InChI is InChI=1S/C18H22N2S/c1-6-14-15-9-7-8-10-16(15)18-19-11-12-20(18)17(14)13(2)21(3,4)5/h6-12H,1-5H3/b14-6-,17-13-. The van der Waals surface area contributed by atoms with Gasteiger partial charge in [-0.2, -0.15) is 0 Å². The van der Waals surface area contributed by atoms with Gasteiger partial charge in [0.1, 0.15) is 5.65 Å². The highest BCUT2D eigenvalue weighted by atomic mass is 32.3. The van der Waals surface area contributed by atoms with Gasteiger partial charge in [0, 0.05) is 23.0 Å². The average molecular weight is 298 g/mol. The molecule has 0 aliphatic carbocycles. The van der Waals surface area contributed by atoms with Crippen molar-refractivity contribution in [3.63, 3.8) is 0 Å². The van der Waals surface area contributed by atoms with E-state index in [0.717, 1.165) is 5.65 Å². The fourth-order valence-corrected chi connectivity index (χ4v) is 3.58. The van der Waals surface area contributed by atoms with E-state index in [-0.39, 0.29) is 0 Å². The molecule has 0 amide bonds. The first kappa shape index (κ1) is 14.2. The molecule has 0 bridgehead atoms. The Labute approximate surface area is 127 Å². The van der Waals surface area contributed by atoms with Crippen molar-refractivity contribution in [3.05, 3.63) is 47.2 Å². The molecule has 0 saturated carbocycles. The zero-order valence-electron chi connectivity index (χ0n) is 13.3. The molecule has 2 aromatic heterocycles. The predicted octanol–water partition coefficient (Wildman–Crippen LogP) is 3.11. The summed E-state index contributed by atoms with van der Waals surface area (Å²) in [5, 5.41) is 5.13. The van der Waals surface area contributed by atoms with Crippen LogP contribution in [0.3, 0.4) is 0 Å². The quantitative estimate of drug-likeness (QED) is 0.675. The molecule has 3 aromatic rings. The highest BCUT2D eigenvalue weighted by molar-refractivity contribution is 8.39. The largest absolute Gasteiger partial charge is 0.298 e. The molecule has 0 aliphatic heterocycles. The maximum absolute atomic E-state index is 4.59. The number of hydrogen-bond acceptors (Lipinski definition) is 1. The first-order chi connectivity index (χ1) is 9.95. The highest BCUT2D eigenvalue weighted by Gasteiger charge is 2.13. The van der Waals surface area contributed by atoms with Crippen molar-refractivity contribution in [2.24, 2.45) is 0 Å². The molecule has 3 heteroatoms. The van der Waals surface area contributed by atoms with E-state index in [9.17, 15) is 0 Å². The number of nitrogens with zero attached hydrogens (tertiary/aromatic N) is 2. The second kappa shape index (κ2) is 4.92. The maximum atomic E-state index is 4.59. The molecule has 0 atom stereocenters. The maximum Gasteiger partial charge on any atom is 0.145 e. The van der Waals surface area contributed by atoms with Gasteiger partial charge >= 0.3 is 0 Å². The van der Waals surface area contributed by atoms with Gasteiger partial charge in [-0.3, -0.25) is 4.40 Å². The lowest BCUT2D eigenvalue weighted by molar-refractivity contribution is 1.12. The van der Waals surface area contributed by atoms with Crippen molar-refractivity contribution < 1.29 is 0 Å². The Morgan fingerprint density at radius 3 is 2.43 bits per heavy atom. The summed E-state index contributed by atoms with van der Waals surface area (Å²) in [4.78, 5) is 6.05. The molecular weight excluding hydrogens is 276 g/mol. The molecule has 0 spiro atoms. The van der Waals surface area contributed by atoms with Crippen LogP contribution in [-0.2, 0) is 0 Å². The van der Waals surface area contributed by atoms with E-state index in [1.807, 2.05) is 6.20 Å². The predicted molar refractivity (Wildman–Crippen MR) is 96.5 cm³/mol. The Kier molecular flexibility index (Phi) is 3.33. The SMILES string of the molecule is C/C=c1\c(=C(/C)S(C)(C)C)n2ccnc2c2ccccc12. The van der Waals surface area contributed by atoms with Crippen molar-refractivity contribution in [3.8, 4) is 0 Å². The van der Waals surface area contributed by atoms with E-state index in [4.69, 9.17) is 0 Å². The number of hydrogen-bond donors (Lipinski definition) is 0. The van der Waals surface area contributed by atoms with Crippen LogP contribution in [0.4, 0.5) is 0 Å². The van der Waals surface area contributed by atoms with Crippen LogP contribution in [0.2, 0.25) is 0 Å². The molecule has 1 aromatic carbocycles. The summed E-state index contributed by atoms with van der Waals surface area (Å²) in [7, 11) is -0.778. The van der Waals surface area contributed by atoms with E-state index in [1.54, 1.807) is 0 Å². The zero-order chi connectivity index (χ0) is 15.2. The zero-order valence-corrected chi connectivity index (χ0v) is 14.2. The van der Waals surface area contributed by atoms with E-state index in [2.05, 4.69) is 78.5 Å². The van der Waals surface area contributed by atoms with Gasteiger partial charge in [-0.15, -0.1) is 0 Å². The molecule has 0 fully saturated rings. The molecule has 110 valence electrons. The minimum absolute atomic E-state index is 0.778. The number of fused-ring (bicyclic) bond motifs is 3. The van der Waals surface area contributed by atoms with Gasteiger partial charge < -0.3 is 0 Å². The van der Waals surface area contributed by atoms with Crippen molar-refractivity contribution >= 4 is 37.4 Å². The third-order valence-electron chi connectivity index (χ3n) is 4.14. The van der Waals surface area contributed by atoms with Gasteiger partial charge in [-0.05, 0) is 42.9 Å². The summed E-state index contributed by atoms with van der Waals surface area (Å²) in [6.45, 7) is 4.39. The average Bonchev–Trinajstić information content (AvgIpc) is 2.93. The van der Waals surface area contributed by atoms with Crippen molar-refractivity contribution in [2.45, 2.75) is 13.8 Å². The third-order valence-corrected chi connectivity index (χ3v) is 6.17. The fourth-order valence-electron chi connectivity index (χ4n) is 2.79. The highest BCUT2D eigenvalue weighted by Crippen LogP contribution is 2.44. The van der Waals surface area contributed by atoms with Crippen molar-refractivity contribution in [1.29, 1.82) is 0 Å². The molecular formula is C18H22N2S. The lowest BCUT2D eigenvalue weighted by Crippen LogP contribution is -2.34. The van der Waals surface area contributed by atoms with Crippen LogP contribution >= 0.6 is 10.0 Å². The lowest BCUT2D eigenvalue weighted by atomic mass is 10.1. The van der Waals surface area contributed by atoms with Crippen LogP contribution in [0.1, 0.15) is 13.8 Å². The Bertz CT molecular complexity index is 943. The first-order valence-electron chi connectivity index (χ1n) is 7.14. The van der Waals surface area contributed by atoms with Gasteiger partial charge in [-0.25, -0.2) is 15.0 Å². The Hall–Kier alpha value is -1.74. The van der Waals surface area contributed by atoms with Gasteiger partial charge in [0.15, 0.2) is 0 Å². The van der Waals surface area contributed by atoms with Crippen LogP contribution < -0.4 is 10.6 Å². The molecule has 3 rings (SSSR count). The van der Waals surface area contributed by atoms with Crippen LogP contribution in [0.5, 0.6) is 0 Å². The van der Waals surface area contributed by atoms with Crippen molar-refractivity contribution in [1.82, 2.24) is 9.38 Å². The summed E-state index contributed by atoms with van der Waals surface area (Å²) >= 11 is 0. The van der Waals surface area contributed by atoms with Gasteiger partial charge in [0.05, 0.1) is 5.35 Å². The van der Waals surface area contributed by atoms with E-state index < -0.39 is 10.0 Å². The van der Waals surface area contributed by atoms with E-state index in [0.29, 0.717) is 0 Å². The van der Waals surface area contributed by atoms with Gasteiger partial charge in [0.2, 0.25) is 0 Å². The molecule has 2 nitrogen and oxygen atoms in total. The lowest BCUT2D eigenvalue weighted by Gasteiger charge is -2.27. The summed E-state index contributed by atoms with van der Waals surface area (Å²) in [5.41, 5.74) is 1.05. The molecule has 21 heavy (non-hydrogen) atoms. The van der Waals surface area contributed by atoms with Crippen LogP contribution in [0.15, 0.2) is 36.7 Å². The summed E-state index contributed by atoms with van der Waals surface area (Å²) in [6.07, 6.45) is 13.2. The Balaban J connectivity index is 2.76. The summed E-state index contributed by atoms with van der Waals surface area (Å²) < 4.78 is 2.26. The molecule has 0 N–H and O–H groups in total. The molecule has 0 radical (unpaired) electrons. The number of aromatic nitrogens is 2. The van der Waals surface area contributed by atoms with Crippen LogP contribution in [-0.4, -0.2) is 28.2 Å². The minimum atomic E-state index is -0.778. The smallest absolute Gasteiger partial charge is 0.145 e. The normalized spacial score (nSPS) is 15.8. The van der Waals surface area contributed by atoms with Crippen LogP contribution in [0.25, 0.3) is 27.4 Å². The van der Waals surface area contributed by atoms with E-state index >= 15 is 0 Å². The minimum Gasteiger partial charge on any atom is -0.298 e. The molecule has 0 aliphatic rings. The second-order valence-corrected chi connectivity index (χ2v) is 10.4. The van der Waals surface area contributed by atoms with Crippen LogP contribution in [0, 0.1) is 0 Å². The second-order valence-electron chi connectivity index (χ2n) is 6.11. The van der Waals surface area contributed by atoms with Crippen molar-refractivity contribution in [2.75, 3.05) is 18.8 Å². The number of benzene rings is 1. The first-order valence-corrected chi connectivity index (χ1v) is 10.0. The summed E-state index contributed by atoms with van der Waals surface area (Å²) in [6, 6.07) is 8.56. The number of pyridine rings is 1. The number of rotatable bonds is 1. The molecule has 0 unspecified atom stereocenters.